The standard InChI is InChI=1S/C18H16ClNO4S/c1-24-17-7-5-15(6-8-17)20(16-9-10-25(22,23)12-16)18(21)13-3-2-4-14(19)11-13/h2-11,16H,12H2,1H3/t16-/m0/s1. The fourth-order valence-corrected chi connectivity index (χ4v) is 4.14. The Morgan fingerprint density at radius 3 is 2.48 bits per heavy atom. The number of sulfone groups is 1. The molecule has 1 aliphatic rings. The van der Waals surface area contributed by atoms with Crippen LogP contribution in [0.1, 0.15) is 10.4 Å². The number of methoxy groups -OCH3 is 1. The van der Waals surface area contributed by atoms with Gasteiger partial charge in [0, 0.05) is 21.7 Å². The maximum Gasteiger partial charge on any atom is 0.258 e. The van der Waals surface area contributed by atoms with E-state index in [2.05, 4.69) is 0 Å². The Morgan fingerprint density at radius 1 is 1.20 bits per heavy atom. The number of carbonyl (C=O) groups is 1. The van der Waals surface area contributed by atoms with Gasteiger partial charge >= 0.3 is 0 Å². The number of halogens is 1. The van der Waals surface area contributed by atoms with Crippen molar-refractivity contribution >= 4 is 33.0 Å². The fraction of sp³-hybridized carbons (Fsp3) is 0.167. The number of hydrogen-bond donors (Lipinski definition) is 0. The van der Waals surface area contributed by atoms with Crippen molar-refractivity contribution in [3.63, 3.8) is 0 Å². The van der Waals surface area contributed by atoms with Crippen molar-refractivity contribution in [2.45, 2.75) is 6.04 Å². The summed E-state index contributed by atoms with van der Waals surface area (Å²) in [5.41, 5.74) is 0.971. The number of hydrogen-bond acceptors (Lipinski definition) is 4. The van der Waals surface area contributed by atoms with Crippen LogP contribution in [0.2, 0.25) is 5.02 Å². The summed E-state index contributed by atoms with van der Waals surface area (Å²) in [5, 5.41) is 1.59. The lowest BCUT2D eigenvalue weighted by Crippen LogP contribution is -2.41. The van der Waals surface area contributed by atoms with Crippen molar-refractivity contribution in [2.24, 2.45) is 0 Å². The molecule has 25 heavy (non-hydrogen) atoms. The first-order valence-corrected chi connectivity index (χ1v) is 9.63. The van der Waals surface area contributed by atoms with Crippen LogP contribution in [-0.4, -0.2) is 33.2 Å². The second-order valence-corrected chi connectivity index (χ2v) is 7.98. The van der Waals surface area contributed by atoms with E-state index in [4.69, 9.17) is 16.3 Å². The van der Waals surface area contributed by atoms with E-state index in [-0.39, 0.29) is 11.7 Å². The predicted octanol–water partition coefficient (Wildman–Crippen LogP) is 3.31. The van der Waals surface area contributed by atoms with E-state index >= 15 is 0 Å². The van der Waals surface area contributed by atoms with Gasteiger partial charge in [-0.2, -0.15) is 0 Å². The van der Waals surface area contributed by atoms with E-state index in [1.54, 1.807) is 55.6 Å². The van der Waals surface area contributed by atoms with Gasteiger partial charge in [0.15, 0.2) is 9.84 Å². The van der Waals surface area contributed by atoms with Gasteiger partial charge < -0.3 is 9.64 Å². The molecular formula is C18H16ClNO4S. The fourth-order valence-electron chi connectivity index (χ4n) is 2.68. The van der Waals surface area contributed by atoms with Crippen LogP contribution in [0.15, 0.2) is 60.0 Å². The van der Waals surface area contributed by atoms with Crippen LogP contribution in [0.5, 0.6) is 5.75 Å². The average Bonchev–Trinajstić information content (AvgIpc) is 2.95. The largest absolute Gasteiger partial charge is 0.497 e. The Kier molecular flexibility index (Phi) is 4.83. The Balaban J connectivity index is 2.02. The molecule has 2 aromatic carbocycles. The van der Waals surface area contributed by atoms with Crippen LogP contribution >= 0.6 is 11.6 Å². The van der Waals surface area contributed by atoms with Crippen LogP contribution < -0.4 is 9.64 Å². The minimum Gasteiger partial charge on any atom is -0.497 e. The van der Waals surface area contributed by atoms with Crippen LogP contribution in [0.25, 0.3) is 0 Å². The molecule has 1 amide bonds. The van der Waals surface area contributed by atoms with Gasteiger partial charge in [-0.1, -0.05) is 17.7 Å². The molecule has 5 nitrogen and oxygen atoms in total. The smallest absolute Gasteiger partial charge is 0.258 e. The van der Waals surface area contributed by atoms with E-state index in [0.717, 1.165) is 5.41 Å². The highest BCUT2D eigenvalue weighted by Crippen LogP contribution is 2.27. The van der Waals surface area contributed by atoms with Crippen molar-refractivity contribution in [3.05, 3.63) is 70.6 Å². The zero-order valence-corrected chi connectivity index (χ0v) is 15.0. The van der Waals surface area contributed by atoms with E-state index in [1.807, 2.05) is 0 Å². The molecule has 0 bridgehead atoms. The lowest BCUT2D eigenvalue weighted by atomic mass is 10.1. The third-order valence-corrected chi connectivity index (χ3v) is 5.50. The van der Waals surface area contributed by atoms with Crippen LogP contribution in [-0.2, 0) is 9.84 Å². The number of amides is 1. The molecule has 0 saturated heterocycles. The molecule has 1 heterocycles. The van der Waals surface area contributed by atoms with E-state index in [0.29, 0.717) is 22.0 Å². The summed E-state index contributed by atoms with van der Waals surface area (Å²) in [6.07, 6.45) is 1.53. The SMILES string of the molecule is COc1ccc(N(C(=O)c2cccc(Cl)c2)[C@H]2C=CS(=O)(=O)C2)cc1. The number of carbonyl (C=O) groups excluding carboxylic acids is 1. The zero-order valence-electron chi connectivity index (χ0n) is 13.4. The number of nitrogens with zero attached hydrogens (tertiary/aromatic N) is 1. The van der Waals surface area contributed by atoms with Gasteiger partial charge in [-0.25, -0.2) is 8.42 Å². The summed E-state index contributed by atoms with van der Waals surface area (Å²) in [7, 11) is -1.76. The maximum absolute atomic E-state index is 13.1. The van der Waals surface area contributed by atoms with Gasteiger partial charge in [-0.15, -0.1) is 0 Å². The van der Waals surface area contributed by atoms with Gasteiger partial charge in [-0.3, -0.25) is 4.79 Å². The normalized spacial score (nSPS) is 18.1. The van der Waals surface area contributed by atoms with Gasteiger partial charge in [-0.05, 0) is 48.5 Å². The Bertz CT molecular complexity index is 922. The number of ether oxygens (including phenoxy) is 1. The second-order valence-electron chi connectivity index (χ2n) is 5.61. The van der Waals surface area contributed by atoms with Gasteiger partial charge in [0.25, 0.3) is 5.91 Å². The summed E-state index contributed by atoms with van der Waals surface area (Å²) in [6, 6.07) is 12.9. The lowest BCUT2D eigenvalue weighted by molar-refractivity contribution is 0.0983. The minimum atomic E-state index is -3.31. The minimum absolute atomic E-state index is 0.147. The first-order valence-electron chi connectivity index (χ1n) is 7.54. The van der Waals surface area contributed by atoms with Gasteiger partial charge in [0.1, 0.15) is 5.75 Å². The molecule has 2 aromatic rings. The summed E-state index contributed by atoms with van der Waals surface area (Å²) in [4.78, 5) is 14.5. The quantitative estimate of drug-likeness (QED) is 0.820. The molecule has 0 radical (unpaired) electrons. The molecule has 130 valence electrons. The zero-order chi connectivity index (χ0) is 18.0. The second kappa shape index (κ2) is 6.90. The van der Waals surface area contributed by atoms with E-state index in [9.17, 15) is 13.2 Å². The number of rotatable bonds is 4. The highest BCUT2D eigenvalue weighted by molar-refractivity contribution is 7.94. The summed E-state index contributed by atoms with van der Waals surface area (Å²) in [5.74, 6) is 0.179. The van der Waals surface area contributed by atoms with Crippen molar-refractivity contribution in [3.8, 4) is 5.75 Å². The van der Waals surface area contributed by atoms with Crippen molar-refractivity contribution in [1.29, 1.82) is 0 Å². The van der Waals surface area contributed by atoms with Gasteiger partial charge in [0.2, 0.25) is 0 Å². The molecule has 0 saturated carbocycles. The van der Waals surface area contributed by atoms with Crippen LogP contribution in [0.3, 0.4) is 0 Å². The first-order chi connectivity index (χ1) is 11.9. The highest BCUT2D eigenvalue weighted by Gasteiger charge is 2.32. The average molecular weight is 378 g/mol. The number of benzene rings is 2. The van der Waals surface area contributed by atoms with Crippen molar-refractivity contribution in [2.75, 3.05) is 17.8 Å². The molecule has 1 aliphatic heterocycles. The van der Waals surface area contributed by atoms with Crippen LogP contribution in [0.4, 0.5) is 5.69 Å². The third kappa shape index (κ3) is 3.86. The van der Waals surface area contributed by atoms with E-state index < -0.39 is 15.9 Å². The molecular weight excluding hydrogens is 362 g/mol. The Hall–Kier alpha value is -2.31. The molecule has 0 N–H and O–H groups in total. The number of anilines is 1. The molecule has 3 rings (SSSR count). The Labute approximate surface area is 151 Å². The molecule has 0 spiro atoms. The third-order valence-electron chi connectivity index (χ3n) is 3.88. The summed E-state index contributed by atoms with van der Waals surface area (Å²) in [6.45, 7) is 0. The predicted molar refractivity (Wildman–Crippen MR) is 98.0 cm³/mol. The topological polar surface area (TPSA) is 63.7 Å². The lowest BCUT2D eigenvalue weighted by Gasteiger charge is -2.28. The molecule has 0 fully saturated rings. The monoisotopic (exact) mass is 377 g/mol. The van der Waals surface area contributed by atoms with Crippen molar-refractivity contribution in [1.82, 2.24) is 0 Å². The Morgan fingerprint density at radius 2 is 1.92 bits per heavy atom. The van der Waals surface area contributed by atoms with Crippen molar-refractivity contribution < 1.29 is 17.9 Å². The van der Waals surface area contributed by atoms with Crippen LogP contribution in [0, 0.1) is 0 Å². The highest BCUT2D eigenvalue weighted by atomic mass is 35.5. The van der Waals surface area contributed by atoms with E-state index in [1.165, 1.54) is 11.0 Å². The maximum atomic E-state index is 13.1. The molecule has 1 atom stereocenters. The molecule has 0 unspecified atom stereocenters. The summed E-state index contributed by atoms with van der Waals surface area (Å²) >= 11 is 5.99. The molecule has 7 heteroatoms. The van der Waals surface area contributed by atoms with Gasteiger partial charge in [0.05, 0.1) is 18.9 Å². The molecule has 0 aromatic heterocycles. The molecule has 0 aliphatic carbocycles. The summed E-state index contributed by atoms with van der Waals surface area (Å²) < 4.78 is 28.8. The first kappa shape index (κ1) is 17.5.